The van der Waals surface area contributed by atoms with Crippen LogP contribution in [0.5, 0.6) is 23.0 Å². The molecule has 1 saturated heterocycles. The molecule has 0 spiro atoms. The number of rotatable bonds is 7. The summed E-state index contributed by atoms with van der Waals surface area (Å²) in [7, 11) is 3.17. The molecule has 0 saturated carbocycles. The Hall–Kier alpha value is -3.42. The van der Waals surface area contributed by atoms with Crippen LogP contribution in [-0.2, 0) is 16.1 Å². The van der Waals surface area contributed by atoms with Gasteiger partial charge in [-0.15, -0.1) is 0 Å². The Morgan fingerprint density at radius 1 is 1.10 bits per heavy atom. The summed E-state index contributed by atoms with van der Waals surface area (Å²) in [4.78, 5) is 29.3. The molecule has 2 amide bonds. The monoisotopic (exact) mass is 426 g/mol. The first-order valence-electron chi connectivity index (χ1n) is 10.2. The average Bonchev–Trinajstić information content (AvgIpc) is 3.42. The van der Waals surface area contributed by atoms with Crippen LogP contribution in [-0.4, -0.2) is 50.8 Å². The number of methoxy groups -OCH3 is 2. The summed E-state index contributed by atoms with van der Waals surface area (Å²) >= 11 is 0. The van der Waals surface area contributed by atoms with Crippen LogP contribution < -0.4 is 23.8 Å². The molecule has 1 unspecified atom stereocenters. The van der Waals surface area contributed by atoms with E-state index in [2.05, 4.69) is 0 Å². The van der Waals surface area contributed by atoms with E-state index in [1.165, 1.54) is 0 Å². The van der Waals surface area contributed by atoms with Gasteiger partial charge in [-0.2, -0.15) is 0 Å². The van der Waals surface area contributed by atoms with Gasteiger partial charge in [0.25, 0.3) is 0 Å². The molecule has 0 aliphatic carbocycles. The molecule has 2 aliphatic rings. The highest BCUT2D eigenvalue weighted by molar-refractivity contribution is 6.00. The third-order valence-electron chi connectivity index (χ3n) is 5.66. The van der Waals surface area contributed by atoms with E-state index in [9.17, 15) is 9.59 Å². The molecular weight excluding hydrogens is 400 g/mol. The quantitative estimate of drug-likeness (QED) is 0.678. The highest BCUT2D eigenvalue weighted by Crippen LogP contribution is 2.37. The molecule has 1 fully saturated rings. The van der Waals surface area contributed by atoms with Crippen molar-refractivity contribution in [3.63, 3.8) is 0 Å². The van der Waals surface area contributed by atoms with E-state index in [0.29, 0.717) is 48.3 Å². The maximum Gasteiger partial charge on any atom is 0.231 e. The van der Waals surface area contributed by atoms with Crippen LogP contribution in [0.15, 0.2) is 36.4 Å². The van der Waals surface area contributed by atoms with E-state index < -0.39 is 5.92 Å². The molecule has 1 atom stereocenters. The number of amides is 2. The average molecular weight is 426 g/mol. The summed E-state index contributed by atoms with van der Waals surface area (Å²) < 4.78 is 21.4. The number of fused-ring (bicyclic) bond motifs is 1. The van der Waals surface area contributed by atoms with Crippen LogP contribution in [0.25, 0.3) is 0 Å². The van der Waals surface area contributed by atoms with Gasteiger partial charge in [0.2, 0.25) is 18.6 Å². The molecule has 4 rings (SSSR count). The lowest BCUT2D eigenvalue weighted by Crippen LogP contribution is -2.37. The Kier molecular flexibility index (Phi) is 5.88. The van der Waals surface area contributed by atoms with E-state index in [1.807, 2.05) is 31.2 Å². The number of hydrogen-bond acceptors (Lipinski definition) is 6. The lowest BCUT2D eigenvalue weighted by atomic mass is 10.1. The standard InChI is InChI=1S/C23H26N2O6/c1-4-24(12-15-5-7-18(28-2)20(9-15)29-3)23(27)16-10-22(26)25(13-16)17-6-8-19-21(11-17)31-14-30-19/h5-9,11,16H,4,10,12-14H2,1-3H3. The van der Waals surface area contributed by atoms with Crippen LogP contribution in [0.1, 0.15) is 18.9 Å². The summed E-state index contributed by atoms with van der Waals surface area (Å²) in [6.07, 6.45) is 0.190. The summed E-state index contributed by atoms with van der Waals surface area (Å²) in [5.74, 6) is 2.04. The lowest BCUT2D eigenvalue weighted by molar-refractivity contribution is -0.136. The first-order valence-corrected chi connectivity index (χ1v) is 10.2. The van der Waals surface area contributed by atoms with Crippen LogP contribution in [0.4, 0.5) is 5.69 Å². The topological polar surface area (TPSA) is 77.5 Å². The Balaban J connectivity index is 1.46. The molecule has 0 N–H and O–H groups in total. The smallest absolute Gasteiger partial charge is 0.231 e. The second-order valence-corrected chi connectivity index (χ2v) is 7.48. The van der Waals surface area contributed by atoms with E-state index >= 15 is 0 Å². The summed E-state index contributed by atoms with van der Waals surface area (Å²) in [5.41, 5.74) is 1.65. The third-order valence-corrected chi connectivity index (χ3v) is 5.66. The van der Waals surface area contributed by atoms with Gasteiger partial charge in [0, 0.05) is 37.8 Å². The Bertz CT molecular complexity index is 992. The first-order chi connectivity index (χ1) is 15.0. The Labute approximate surface area is 181 Å². The normalized spacial score (nSPS) is 17.1. The lowest BCUT2D eigenvalue weighted by Gasteiger charge is -2.25. The predicted molar refractivity (Wildman–Crippen MR) is 114 cm³/mol. The van der Waals surface area contributed by atoms with E-state index in [1.54, 1.807) is 36.2 Å². The highest BCUT2D eigenvalue weighted by Gasteiger charge is 2.37. The van der Waals surface area contributed by atoms with Crippen molar-refractivity contribution in [3.8, 4) is 23.0 Å². The highest BCUT2D eigenvalue weighted by atomic mass is 16.7. The van der Waals surface area contributed by atoms with Crippen molar-refractivity contribution in [2.24, 2.45) is 5.92 Å². The Morgan fingerprint density at radius 2 is 1.87 bits per heavy atom. The zero-order valence-corrected chi connectivity index (χ0v) is 17.9. The molecule has 2 heterocycles. The minimum atomic E-state index is -0.391. The number of anilines is 1. The number of ether oxygens (including phenoxy) is 4. The summed E-state index contributed by atoms with van der Waals surface area (Å²) in [5, 5.41) is 0. The number of nitrogens with zero attached hydrogens (tertiary/aromatic N) is 2. The van der Waals surface area contributed by atoms with Crippen molar-refractivity contribution < 1.29 is 28.5 Å². The van der Waals surface area contributed by atoms with Crippen molar-refractivity contribution in [2.45, 2.75) is 19.9 Å². The molecule has 0 aromatic heterocycles. The van der Waals surface area contributed by atoms with Gasteiger partial charge in [-0.1, -0.05) is 6.07 Å². The number of carbonyl (C=O) groups is 2. The van der Waals surface area contributed by atoms with Crippen molar-refractivity contribution in [3.05, 3.63) is 42.0 Å². The van der Waals surface area contributed by atoms with Crippen LogP contribution >= 0.6 is 0 Å². The minimum absolute atomic E-state index is 0.0334. The van der Waals surface area contributed by atoms with Gasteiger partial charge < -0.3 is 28.7 Å². The summed E-state index contributed by atoms with van der Waals surface area (Å²) in [6.45, 7) is 3.44. The van der Waals surface area contributed by atoms with Gasteiger partial charge in [-0.25, -0.2) is 0 Å². The van der Waals surface area contributed by atoms with Gasteiger partial charge in [-0.3, -0.25) is 9.59 Å². The minimum Gasteiger partial charge on any atom is -0.493 e. The van der Waals surface area contributed by atoms with Crippen molar-refractivity contribution in [1.82, 2.24) is 4.90 Å². The second-order valence-electron chi connectivity index (χ2n) is 7.48. The molecule has 8 nitrogen and oxygen atoms in total. The molecule has 2 aromatic carbocycles. The summed E-state index contributed by atoms with van der Waals surface area (Å²) in [6, 6.07) is 11.0. The molecule has 0 radical (unpaired) electrons. The molecule has 164 valence electrons. The molecule has 0 bridgehead atoms. The van der Waals surface area contributed by atoms with Gasteiger partial charge in [0.1, 0.15) is 0 Å². The maximum atomic E-state index is 13.2. The maximum absolute atomic E-state index is 13.2. The SMILES string of the molecule is CCN(Cc1ccc(OC)c(OC)c1)C(=O)C1CC(=O)N(c2ccc3c(c2)OCO3)C1. The second kappa shape index (κ2) is 8.75. The van der Waals surface area contributed by atoms with E-state index in [-0.39, 0.29) is 25.0 Å². The zero-order chi connectivity index (χ0) is 22.0. The fourth-order valence-electron chi connectivity index (χ4n) is 3.98. The zero-order valence-electron chi connectivity index (χ0n) is 17.9. The molecule has 8 heteroatoms. The number of benzene rings is 2. The predicted octanol–water partition coefficient (Wildman–Crippen LogP) is 2.83. The number of hydrogen-bond donors (Lipinski definition) is 0. The molecule has 2 aliphatic heterocycles. The van der Waals surface area contributed by atoms with Gasteiger partial charge in [-0.05, 0) is 36.8 Å². The van der Waals surface area contributed by atoms with E-state index in [4.69, 9.17) is 18.9 Å². The first kappa shape index (κ1) is 20.8. The number of carbonyl (C=O) groups excluding carboxylic acids is 2. The third kappa shape index (κ3) is 4.10. The van der Waals surface area contributed by atoms with Gasteiger partial charge in [0.05, 0.1) is 20.1 Å². The Morgan fingerprint density at radius 3 is 2.61 bits per heavy atom. The fourth-order valence-corrected chi connectivity index (χ4v) is 3.98. The molecule has 31 heavy (non-hydrogen) atoms. The van der Waals surface area contributed by atoms with Crippen molar-refractivity contribution >= 4 is 17.5 Å². The van der Waals surface area contributed by atoms with Crippen LogP contribution in [0.3, 0.4) is 0 Å². The molecular formula is C23H26N2O6. The van der Waals surface area contributed by atoms with Gasteiger partial charge >= 0.3 is 0 Å². The van der Waals surface area contributed by atoms with E-state index in [0.717, 1.165) is 5.56 Å². The fraction of sp³-hybridized carbons (Fsp3) is 0.391. The van der Waals surface area contributed by atoms with Crippen molar-refractivity contribution in [2.75, 3.05) is 39.0 Å². The van der Waals surface area contributed by atoms with Gasteiger partial charge in [0.15, 0.2) is 23.0 Å². The van der Waals surface area contributed by atoms with Crippen LogP contribution in [0, 0.1) is 5.92 Å². The molecule has 2 aromatic rings. The van der Waals surface area contributed by atoms with Crippen LogP contribution in [0.2, 0.25) is 0 Å². The largest absolute Gasteiger partial charge is 0.493 e. The van der Waals surface area contributed by atoms with Crippen molar-refractivity contribution in [1.29, 1.82) is 0 Å².